The standard InChI is InChI=1S/C12H14N2O2/c1-5-12(3,4)13-10-8-9(2)6-7-11(10)14(15)16/h1,6-8,13H,2-4H3. The van der Waals surface area contributed by atoms with Gasteiger partial charge in [-0.1, -0.05) is 12.0 Å². The van der Waals surface area contributed by atoms with Crippen molar-refractivity contribution in [2.45, 2.75) is 26.3 Å². The van der Waals surface area contributed by atoms with Crippen LogP contribution in [-0.4, -0.2) is 10.5 Å². The van der Waals surface area contributed by atoms with Gasteiger partial charge in [-0.3, -0.25) is 10.1 Å². The molecule has 0 heterocycles. The van der Waals surface area contributed by atoms with Crippen molar-refractivity contribution in [1.82, 2.24) is 0 Å². The SMILES string of the molecule is C#CC(C)(C)Nc1cc(C)ccc1[N+](=O)[O-]. The van der Waals surface area contributed by atoms with Crippen LogP contribution in [0.3, 0.4) is 0 Å². The Balaban J connectivity index is 3.17. The minimum Gasteiger partial charge on any atom is -0.364 e. The second-order valence-electron chi connectivity index (χ2n) is 4.17. The second-order valence-corrected chi connectivity index (χ2v) is 4.17. The van der Waals surface area contributed by atoms with Gasteiger partial charge in [0.05, 0.1) is 10.5 Å². The van der Waals surface area contributed by atoms with Crippen molar-refractivity contribution in [3.8, 4) is 12.3 Å². The van der Waals surface area contributed by atoms with Crippen molar-refractivity contribution in [3.05, 3.63) is 33.9 Å². The number of nitro benzene ring substituents is 1. The van der Waals surface area contributed by atoms with Crippen LogP contribution in [0.1, 0.15) is 19.4 Å². The predicted octanol–water partition coefficient (Wildman–Crippen LogP) is 2.73. The Bertz CT molecular complexity index is 459. The van der Waals surface area contributed by atoms with Crippen LogP contribution in [-0.2, 0) is 0 Å². The molecule has 1 N–H and O–H groups in total. The summed E-state index contributed by atoms with van der Waals surface area (Å²) in [6, 6.07) is 4.90. The van der Waals surface area contributed by atoms with Gasteiger partial charge in [0.2, 0.25) is 0 Å². The number of hydrogen-bond donors (Lipinski definition) is 1. The molecule has 4 nitrogen and oxygen atoms in total. The molecule has 1 aromatic rings. The van der Waals surface area contributed by atoms with Crippen LogP contribution in [0.5, 0.6) is 0 Å². The van der Waals surface area contributed by atoms with E-state index >= 15 is 0 Å². The molecule has 16 heavy (non-hydrogen) atoms. The Morgan fingerprint density at radius 3 is 2.62 bits per heavy atom. The van der Waals surface area contributed by atoms with Crippen molar-refractivity contribution < 1.29 is 4.92 Å². The van der Waals surface area contributed by atoms with Gasteiger partial charge in [0.1, 0.15) is 5.69 Å². The molecule has 4 heteroatoms. The lowest BCUT2D eigenvalue weighted by Gasteiger charge is -2.21. The molecule has 0 aliphatic heterocycles. The van der Waals surface area contributed by atoms with E-state index in [1.54, 1.807) is 26.0 Å². The monoisotopic (exact) mass is 218 g/mol. The first kappa shape index (κ1) is 12.1. The Kier molecular flexibility index (Phi) is 3.19. The van der Waals surface area contributed by atoms with Gasteiger partial charge in [0.15, 0.2) is 0 Å². The van der Waals surface area contributed by atoms with E-state index in [4.69, 9.17) is 6.42 Å². The lowest BCUT2D eigenvalue weighted by atomic mass is 10.1. The molecule has 0 atom stereocenters. The summed E-state index contributed by atoms with van der Waals surface area (Å²) < 4.78 is 0. The number of rotatable bonds is 3. The highest BCUT2D eigenvalue weighted by Crippen LogP contribution is 2.27. The third-order valence-electron chi connectivity index (χ3n) is 2.16. The number of hydrogen-bond acceptors (Lipinski definition) is 3. The molecule has 0 saturated carbocycles. The fourth-order valence-corrected chi connectivity index (χ4v) is 1.28. The van der Waals surface area contributed by atoms with Gasteiger partial charge in [0, 0.05) is 6.07 Å². The molecule has 0 unspecified atom stereocenters. The summed E-state index contributed by atoms with van der Waals surface area (Å²) in [5.41, 5.74) is 0.821. The normalized spacial score (nSPS) is 10.6. The van der Waals surface area contributed by atoms with Crippen LogP contribution in [0.2, 0.25) is 0 Å². The number of benzene rings is 1. The molecular weight excluding hydrogens is 204 g/mol. The van der Waals surface area contributed by atoms with Crippen LogP contribution < -0.4 is 5.32 Å². The van der Waals surface area contributed by atoms with Gasteiger partial charge in [-0.15, -0.1) is 6.42 Å². The Labute approximate surface area is 94.8 Å². The van der Waals surface area contributed by atoms with Crippen LogP contribution in [0.25, 0.3) is 0 Å². The lowest BCUT2D eigenvalue weighted by Crippen LogP contribution is -2.28. The zero-order valence-corrected chi connectivity index (χ0v) is 9.57. The summed E-state index contributed by atoms with van der Waals surface area (Å²) >= 11 is 0. The number of terminal acetylenes is 1. The van der Waals surface area contributed by atoms with Crippen molar-refractivity contribution in [1.29, 1.82) is 0 Å². The van der Waals surface area contributed by atoms with Crippen molar-refractivity contribution in [2.75, 3.05) is 5.32 Å². The van der Waals surface area contributed by atoms with Gasteiger partial charge in [-0.25, -0.2) is 0 Å². The molecule has 0 spiro atoms. The van der Waals surface area contributed by atoms with Crippen LogP contribution in [0.4, 0.5) is 11.4 Å². The summed E-state index contributed by atoms with van der Waals surface area (Å²) in [5.74, 6) is 2.54. The first-order chi connectivity index (χ1) is 7.35. The molecule has 1 rings (SSSR count). The Morgan fingerprint density at radius 1 is 1.50 bits per heavy atom. The maximum Gasteiger partial charge on any atom is 0.292 e. The van der Waals surface area contributed by atoms with E-state index in [-0.39, 0.29) is 5.69 Å². The van der Waals surface area contributed by atoms with E-state index in [1.807, 2.05) is 6.92 Å². The van der Waals surface area contributed by atoms with E-state index in [0.717, 1.165) is 5.56 Å². The third-order valence-corrected chi connectivity index (χ3v) is 2.16. The molecule has 0 radical (unpaired) electrons. The van der Waals surface area contributed by atoms with Crippen LogP contribution in [0.15, 0.2) is 18.2 Å². The maximum atomic E-state index is 10.8. The predicted molar refractivity (Wildman–Crippen MR) is 64.4 cm³/mol. The van der Waals surface area contributed by atoms with E-state index in [2.05, 4.69) is 11.2 Å². The number of nitro groups is 1. The zero-order chi connectivity index (χ0) is 12.3. The van der Waals surface area contributed by atoms with E-state index in [0.29, 0.717) is 5.69 Å². The fourth-order valence-electron chi connectivity index (χ4n) is 1.28. The first-order valence-electron chi connectivity index (χ1n) is 4.87. The van der Waals surface area contributed by atoms with E-state index < -0.39 is 10.5 Å². The summed E-state index contributed by atoms with van der Waals surface area (Å²) in [7, 11) is 0. The van der Waals surface area contributed by atoms with Gasteiger partial charge in [0.25, 0.3) is 5.69 Å². The van der Waals surface area contributed by atoms with Gasteiger partial charge in [-0.2, -0.15) is 0 Å². The molecule has 0 amide bonds. The van der Waals surface area contributed by atoms with Gasteiger partial charge < -0.3 is 5.32 Å². The van der Waals surface area contributed by atoms with Crippen LogP contribution >= 0.6 is 0 Å². The summed E-state index contributed by atoms with van der Waals surface area (Å²) in [5, 5.41) is 13.8. The second kappa shape index (κ2) is 4.23. The highest BCUT2D eigenvalue weighted by atomic mass is 16.6. The highest BCUT2D eigenvalue weighted by molar-refractivity contribution is 5.64. The number of aryl methyl sites for hydroxylation is 1. The summed E-state index contributed by atoms with van der Waals surface area (Å²) in [4.78, 5) is 10.4. The van der Waals surface area contributed by atoms with Crippen molar-refractivity contribution in [2.24, 2.45) is 0 Å². The molecule has 0 bridgehead atoms. The topological polar surface area (TPSA) is 55.2 Å². The summed E-state index contributed by atoms with van der Waals surface area (Å²) in [6.07, 6.45) is 5.34. The quantitative estimate of drug-likeness (QED) is 0.482. The third kappa shape index (κ3) is 2.74. The smallest absolute Gasteiger partial charge is 0.292 e. The minimum atomic E-state index is -0.613. The number of anilines is 1. The maximum absolute atomic E-state index is 10.8. The first-order valence-corrected chi connectivity index (χ1v) is 4.87. The zero-order valence-electron chi connectivity index (χ0n) is 9.57. The summed E-state index contributed by atoms with van der Waals surface area (Å²) in [6.45, 7) is 5.45. The molecule has 0 aliphatic carbocycles. The fraction of sp³-hybridized carbons (Fsp3) is 0.333. The number of nitrogens with one attached hydrogen (secondary N) is 1. The average Bonchev–Trinajstić information content (AvgIpc) is 2.16. The molecule has 0 aliphatic rings. The average molecular weight is 218 g/mol. The minimum absolute atomic E-state index is 0.0360. The molecular formula is C12H14N2O2. The van der Waals surface area contributed by atoms with Crippen LogP contribution in [0, 0.1) is 29.4 Å². The molecule has 0 saturated heterocycles. The molecule has 1 aromatic carbocycles. The van der Waals surface area contributed by atoms with Gasteiger partial charge >= 0.3 is 0 Å². The lowest BCUT2D eigenvalue weighted by molar-refractivity contribution is -0.384. The highest BCUT2D eigenvalue weighted by Gasteiger charge is 2.20. The van der Waals surface area contributed by atoms with Gasteiger partial charge in [-0.05, 0) is 32.4 Å². The van der Waals surface area contributed by atoms with E-state index in [1.165, 1.54) is 6.07 Å². The Morgan fingerprint density at radius 2 is 2.12 bits per heavy atom. The Hall–Kier alpha value is -2.02. The molecule has 0 aromatic heterocycles. The number of nitrogens with zero attached hydrogens (tertiary/aromatic N) is 1. The van der Waals surface area contributed by atoms with Crippen molar-refractivity contribution >= 4 is 11.4 Å². The van der Waals surface area contributed by atoms with Crippen molar-refractivity contribution in [3.63, 3.8) is 0 Å². The van der Waals surface area contributed by atoms with E-state index in [9.17, 15) is 10.1 Å². The molecule has 0 fully saturated rings. The molecule has 84 valence electrons. The largest absolute Gasteiger partial charge is 0.364 e.